The number of halogens is 1. The molecule has 2 N–H and O–H groups in total. The molecule has 0 aliphatic carbocycles. The van der Waals surface area contributed by atoms with E-state index in [1.807, 2.05) is 0 Å². The van der Waals surface area contributed by atoms with Gasteiger partial charge >= 0.3 is 0 Å². The van der Waals surface area contributed by atoms with Crippen LogP contribution in [-0.2, 0) is 4.74 Å². The molecule has 0 spiro atoms. The van der Waals surface area contributed by atoms with E-state index in [1.54, 1.807) is 13.2 Å². The van der Waals surface area contributed by atoms with Crippen molar-refractivity contribution in [3.05, 3.63) is 29.0 Å². The predicted molar refractivity (Wildman–Crippen MR) is 63.0 cm³/mol. The molecule has 0 aliphatic heterocycles. The third kappa shape index (κ3) is 2.37. The van der Waals surface area contributed by atoms with Crippen molar-refractivity contribution in [2.45, 2.75) is 12.5 Å². The molecule has 0 saturated heterocycles. The highest BCUT2D eigenvalue weighted by Gasteiger charge is 2.12. The number of rotatable bonds is 4. The molecule has 16 heavy (non-hydrogen) atoms. The second kappa shape index (κ2) is 4.86. The Bertz CT molecular complexity index is 486. The summed E-state index contributed by atoms with van der Waals surface area (Å²) in [5, 5.41) is 0.831. The molecule has 0 saturated carbocycles. The fraction of sp³-hybridized carbons (Fsp3) is 0.364. The number of methoxy groups -OCH3 is 1. The van der Waals surface area contributed by atoms with Crippen LogP contribution in [-0.4, -0.2) is 18.7 Å². The number of nitrogens with zero attached hydrogens (tertiary/aromatic N) is 1. The highest BCUT2D eigenvalue weighted by atomic mass is 32.1. The predicted octanol–water partition coefficient (Wildman–Crippen LogP) is 2.47. The van der Waals surface area contributed by atoms with Gasteiger partial charge in [0, 0.05) is 19.8 Å². The summed E-state index contributed by atoms with van der Waals surface area (Å²) in [5.41, 5.74) is 6.63. The van der Waals surface area contributed by atoms with Crippen LogP contribution in [0.4, 0.5) is 4.39 Å². The lowest BCUT2D eigenvalue weighted by Crippen LogP contribution is -2.12. The van der Waals surface area contributed by atoms with E-state index in [1.165, 1.54) is 23.5 Å². The first-order valence-corrected chi connectivity index (χ1v) is 5.83. The quantitative estimate of drug-likeness (QED) is 0.893. The van der Waals surface area contributed by atoms with E-state index < -0.39 is 0 Å². The van der Waals surface area contributed by atoms with Gasteiger partial charge in [0.15, 0.2) is 0 Å². The van der Waals surface area contributed by atoms with Crippen LogP contribution >= 0.6 is 11.3 Å². The second-order valence-electron chi connectivity index (χ2n) is 3.55. The molecule has 0 bridgehead atoms. The molecule has 1 unspecified atom stereocenters. The molecule has 1 aromatic heterocycles. The lowest BCUT2D eigenvalue weighted by atomic mass is 10.2. The van der Waals surface area contributed by atoms with Crippen LogP contribution in [0.1, 0.15) is 17.5 Å². The topological polar surface area (TPSA) is 48.1 Å². The molecule has 5 heteroatoms. The first-order chi connectivity index (χ1) is 7.70. The number of benzene rings is 1. The van der Waals surface area contributed by atoms with Gasteiger partial charge in [0.1, 0.15) is 10.8 Å². The van der Waals surface area contributed by atoms with Crippen molar-refractivity contribution < 1.29 is 9.13 Å². The maximum atomic E-state index is 13.0. The molecular formula is C11H13FN2OS. The largest absolute Gasteiger partial charge is 0.385 e. The minimum Gasteiger partial charge on any atom is -0.385 e. The zero-order valence-electron chi connectivity index (χ0n) is 8.94. The average molecular weight is 240 g/mol. The van der Waals surface area contributed by atoms with E-state index in [0.29, 0.717) is 12.1 Å². The van der Waals surface area contributed by atoms with Crippen LogP contribution in [0.3, 0.4) is 0 Å². The Morgan fingerprint density at radius 2 is 2.38 bits per heavy atom. The normalized spacial score (nSPS) is 13.2. The summed E-state index contributed by atoms with van der Waals surface area (Å²) in [6.45, 7) is 0.603. The zero-order chi connectivity index (χ0) is 11.5. The van der Waals surface area contributed by atoms with Gasteiger partial charge in [0.25, 0.3) is 0 Å². The van der Waals surface area contributed by atoms with Crippen molar-refractivity contribution in [1.82, 2.24) is 4.98 Å². The van der Waals surface area contributed by atoms with E-state index >= 15 is 0 Å². The molecule has 1 atom stereocenters. The van der Waals surface area contributed by atoms with Crippen LogP contribution in [0.2, 0.25) is 0 Å². The van der Waals surface area contributed by atoms with Crippen molar-refractivity contribution >= 4 is 21.6 Å². The molecule has 2 rings (SSSR count). The standard InChI is InChI=1S/C11H13FN2OS/c1-15-5-4-8(13)11-14-9-6-7(12)2-3-10(9)16-11/h2-3,6,8H,4-5,13H2,1H3. The molecular weight excluding hydrogens is 227 g/mol. The number of aromatic nitrogens is 1. The first-order valence-electron chi connectivity index (χ1n) is 5.01. The van der Waals surface area contributed by atoms with Gasteiger partial charge in [-0.3, -0.25) is 0 Å². The lowest BCUT2D eigenvalue weighted by molar-refractivity contribution is 0.188. The van der Waals surface area contributed by atoms with Gasteiger partial charge in [-0.05, 0) is 18.6 Å². The highest BCUT2D eigenvalue weighted by Crippen LogP contribution is 2.27. The van der Waals surface area contributed by atoms with Crippen molar-refractivity contribution in [2.24, 2.45) is 5.73 Å². The van der Waals surface area contributed by atoms with Gasteiger partial charge < -0.3 is 10.5 Å². The number of nitrogens with two attached hydrogens (primary N) is 1. The van der Waals surface area contributed by atoms with E-state index in [4.69, 9.17) is 10.5 Å². The Morgan fingerprint density at radius 3 is 3.12 bits per heavy atom. The summed E-state index contributed by atoms with van der Waals surface area (Å²) >= 11 is 1.51. The molecule has 2 aromatic rings. The number of ether oxygens (including phenoxy) is 1. The van der Waals surface area contributed by atoms with Crippen molar-refractivity contribution in [2.75, 3.05) is 13.7 Å². The Balaban J connectivity index is 2.25. The monoisotopic (exact) mass is 240 g/mol. The molecule has 0 amide bonds. The lowest BCUT2D eigenvalue weighted by Gasteiger charge is -2.06. The van der Waals surface area contributed by atoms with Crippen LogP contribution in [0.15, 0.2) is 18.2 Å². The van der Waals surface area contributed by atoms with E-state index in [-0.39, 0.29) is 11.9 Å². The summed E-state index contributed by atoms with van der Waals surface area (Å²) in [6, 6.07) is 4.46. The summed E-state index contributed by atoms with van der Waals surface area (Å²) in [4.78, 5) is 4.32. The van der Waals surface area contributed by atoms with Gasteiger partial charge in [-0.1, -0.05) is 0 Å². The number of hydrogen-bond acceptors (Lipinski definition) is 4. The first kappa shape index (κ1) is 11.4. The van der Waals surface area contributed by atoms with Crippen LogP contribution in [0.25, 0.3) is 10.2 Å². The number of fused-ring (bicyclic) bond motifs is 1. The van der Waals surface area contributed by atoms with E-state index in [0.717, 1.165) is 16.1 Å². The third-order valence-corrected chi connectivity index (χ3v) is 3.48. The average Bonchev–Trinajstić information content (AvgIpc) is 2.68. The summed E-state index contributed by atoms with van der Waals surface area (Å²) in [7, 11) is 1.64. The molecule has 0 radical (unpaired) electrons. The number of hydrogen-bond donors (Lipinski definition) is 1. The Morgan fingerprint density at radius 1 is 1.56 bits per heavy atom. The Labute approximate surface area is 97.1 Å². The SMILES string of the molecule is COCCC(N)c1nc2cc(F)ccc2s1. The minimum atomic E-state index is -0.269. The fourth-order valence-electron chi connectivity index (χ4n) is 1.45. The summed E-state index contributed by atoms with van der Waals surface area (Å²) < 4.78 is 18.9. The maximum absolute atomic E-state index is 13.0. The van der Waals surface area contributed by atoms with Gasteiger partial charge in [-0.25, -0.2) is 9.37 Å². The van der Waals surface area contributed by atoms with Gasteiger partial charge in [0.2, 0.25) is 0 Å². The van der Waals surface area contributed by atoms with Crippen LogP contribution in [0.5, 0.6) is 0 Å². The Kier molecular flexibility index (Phi) is 3.48. The fourth-order valence-corrected chi connectivity index (χ4v) is 2.43. The third-order valence-electron chi connectivity index (χ3n) is 2.32. The molecule has 3 nitrogen and oxygen atoms in total. The molecule has 86 valence electrons. The smallest absolute Gasteiger partial charge is 0.125 e. The number of thiazole rings is 1. The van der Waals surface area contributed by atoms with Crippen molar-refractivity contribution in [1.29, 1.82) is 0 Å². The molecule has 1 heterocycles. The van der Waals surface area contributed by atoms with Gasteiger partial charge in [-0.2, -0.15) is 0 Å². The van der Waals surface area contributed by atoms with E-state index in [9.17, 15) is 4.39 Å². The van der Waals surface area contributed by atoms with Crippen molar-refractivity contribution in [3.63, 3.8) is 0 Å². The highest BCUT2D eigenvalue weighted by molar-refractivity contribution is 7.18. The molecule has 0 aliphatic rings. The molecule has 1 aromatic carbocycles. The van der Waals surface area contributed by atoms with Crippen molar-refractivity contribution in [3.8, 4) is 0 Å². The van der Waals surface area contributed by atoms with Crippen LogP contribution < -0.4 is 5.73 Å². The Hall–Kier alpha value is -1.04. The minimum absolute atomic E-state index is 0.139. The second-order valence-corrected chi connectivity index (χ2v) is 4.61. The summed E-state index contributed by atoms with van der Waals surface area (Å²) in [5.74, 6) is -0.269. The van der Waals surface area contributed by atoms with E-state index in [2.05, 4.69) is 4.98 Å². The zero-order valence-corrected chi connectivity index (χ0v) is 9.76. The molecule has 0 fully saturated rings. The summed E-state index contributed by atoms with van der Waals surface area (Å²) in [6.07, 6.45) is 0.721. The maximum Gasteiger partial charge on any atom is 0.125 e. The van der Waals surface area contributed by atoms with Gasteiger partial charge in [-0.15, -0.1) is 11.3 Å². The van der Waals surface area contributed by atoms with Crippen LogP contribution in [0, 0.1) is 5.82 Å². The van der Waals surface area contributed by atoms with Gasteiger partial charge in [0.05, 0.1) is 16.3 Å².